The van der Waals surface area contributed by atoms with E-state index in [1.54, 1.807) is 24.3 Å². The number of rotatable bonds is 4. The second kappa shape index (κ2) is 6.94. The van der Waals surface area contributed by atoms with E-state index in [0.29, 0.717) is 22.2 Å². The molecular formula is C16H11ClF3N5. The van der Waals surface area contributed by atoms with Gasteiger partial charge in [0.2, 0.25) is 5.95 Å². The number of aromatic nitrogens is 3. The van der Waals surface area contributed by atoms with Crippen LogP contribution in [0.5, 0.6) is 0 Å². The summed E-state index contributed by atoms with van der Waals surface area (Å²) in [5, 5.41) is 14.0. The van der Waals surface area contributed by atoms with Crippen molar-refractivity contribution in [3.8, 4) is 0 Å². The molecule has 0 atom stereocenters. The first-order chi connectivity index (χ1) is 11.9. The van der Waals surface area contributed by atoms with Crippen LogP contribution in [0.2, 0.25) is 5.02 Å². The molecule has 1 heterocycles. The second-order valence-corrected chi connectivity index (χ2v) is 5.44. The number of halogens is 4. The largest absolute Gasteiger partial charge is 0.416 e. The fourth-order valence-corrected chi connectivity index (χ4v) is 2.19. The maximum absolute atomic E-state index is 12.6. The Morgan fingerprint density at radius 3 is 2.36 bits per heavy atom. The summed E-state index contributed by atoms with van der Waals surface area (Å²) in [6.07, 6.45) is -3.01. The summed E-state index contributed by atoms with van der Waals surface area (Å²) < 4.78 is 37.7. The number of hydrogen-bond acceptors (Lipinski definition) is 5. The van der Waals surface area contributed by atoms with Gasteiger partial charge in [-0.05, 0) is 42.5 Å². The molecule has 0 saturated heterocycles. The molecule has 25 heavy (non-hydrogen) atoms. The van der Waals surface area contributed by atoms with Crippen LogP contribution in [0.25, 0.3) is 0 Å². The Morgan fingerprint density at radius 1 is 0.920 bits per heavy atom. The van der Waals surface area contributed by atoms with Crippen LogP contribution in [0.4, 0.5) is 36.3 Å². The highest BCUT2D eigenvalue weighted by atomic mass is 35.5. The van der Waals surface area contributed by atoms with Crippen LogP contribution in [-0.2, 0) is 6.18 Å². The number of nitrogens with one attached hydrogen (secondary N) is 2. The maximum atomic E-state index is 12.6. The average Bonchev–Trinajstić information content (AvgIpc) is 2.55. The van der Waals surface area contributed by atoms with Gasteiger partial charge in [-0.25, -0.2) is 0 Å². The van der Waals surface area contributed by atoms with Gasteiger partial charge in [-0.15, -0.1) is 5.10 Å². The van der Waals surface area contributed by atoms with Gasteiger partial charge in [0, 0.05) is 16.4 Å². The molecule has 0 saturated carbocycles. The van der Waals surface area contributed by atoms with Gasteiger partial charge in [-0.1, -0.05) is 17.7 Å². The average molecular weight is 366 g/mol. The molecular weight excluding hydrogens is 355 g/mol. The molecule has 0 radical (unpaired) electrons. The van der Waals surface area contributed by atoms with E-state index >= 15 is 0 Å². The van der Waals surface area contributed by atoms with Crippen molar-refractivity contribution in [3.05, 3.63) is 65.3 Å². The molecule has 0 bridgehead atoms. The fraction of sp³-hybridized carbons (Fsp3) is 0.0625. The van der Waals surface area contributed by atoms with Gasteiger partial charge in [0.05, 0.1) is 11.8 Å². The molecule has 0 aliphatic carbocycles. The van der Waals surface area contributed by atoms with Crippen LogP contribution in [0.1, 0.15) is 5.56 Å². The molecule has 3 aromatic rings. The lowest BCUT2D eigenvalue weighted by Crippen LogP contribution is -2.05. The Hall–Kier alpha value is -2.87. The van der Waals surface area contributed by atoms with Crippen molar-refractivity contribution in [3.63, 3.8) is 0 Å². The monoisotopic (exact) mass is 365 g/mol. The molecule has 0 unspecified atom stereocenters. The molecule has 0 aliphatic heterocycles. The standard InChI is InChI=1S/C16H11ClF3N5/c17-11-2-1-3-13(8-11)23-15-24-14(9-21-25-15)22-12-6-4-10(5-7-12)16(18,19)20/h1-9H,(H2,22,23,24,25). The van der Waals surface area contributed by atoms with Gasteiger partial charge >= 0.3 is 6.18 Å². The summed E-state index contributed by atoms with van der Waals surface area (Å²) in [6, 6.07) is 11.6. The predicted molar refractivity (Wildman–Crippen MR) is 89.3 cm³/mol. The van der Waals surface area contributed by atoms with Crippen LogP contribution >= 0.6 is 11.6 Å². The van der Waals surface area contributed by atoms with Gasteiger partial charge in [-0.3, -0.25) is 0 Å². The van der Waals surface area contributed by atoms with Crippen LogP contribution in [-0.4, -0.2) is 15.2 Å². The van der Waals surface area contributed by atoms with E-state index in [1.807, 2.05) is 0 Å². The second-order valence-electron chi connectivity index (χ2n) is 5.00. The Labute approximate surface area is 145 Å². The van der Waals surface area contributed by atoms with E-state index in [0.717, 1.165) is 12.1 Å². The van der Waals surface area contributed by atoms with E-state index in [4.69, 9.17) is 11.6 Å². The first kappa shape index (κ1) is 17.0. The highest BCUT2D eigenvalue weighted by Gasteiger charge is 2.29. The molecule has 2 aromatic carbocycles. The maximum Gasteiger partial charge on any atom is 0.416 e. The summed E-state index contributed by atoms with van der Waals surface area (Å²) in [5.74, 6) is 0.554. The normalized spacial score (nSPS) is 11.2. The SMILES string of the molecule is FC(F)(F)c1ccc(Nc2cnnc(Nc3cccc(Cl)c3)n2)cc1. The molecule has 9 heteroatoms. The molecule has 128 valence electrons. The zero-order valence-corrected chi connectivity index (χ0v) is 13.3. The van der Waals surface area contributed by atoms with Crippen LogP contribution in [0.15, 0.2) is 54.7 Å². The van der Waals surface area contributed by atoms with Crippen molar-refractivity contribution < 1.29 is 13.2 Å². The zero-order valence-electron chi connectivity index (χ0n) is 12.5. The highest BCUT2D eigenvalue weighted by molar-refractivity contribution is 6.30. The third kappa shape index (κ3) is 4.57. The lowest BCUT2D eigenvalue weighted by molar-refractivity contribution is -0.137. The molecule has 2 N–H and O–H groups in total. The van der Waals surface area contributed by atoms with Crippen molar-refractivity contribution in [2.24, 2.45) is 0 Å². The van der Waals surface area contributed by atoms with Crippen LogP contribution in [0.3, 0.4) is 0 Å². The van der Waals surface area contributed by atoms with E-state index in [9.17, 15) is 13.2 Å². The molecule has 0 amide bonds. The predicted octanol–water partition coefficient (Wildman–Crippen LogP) is 5.03. The van der Waals surface area contributed by atoms with E-state index in [1.165, 1.54) is 18.3 Å². The first-order valence-electron chi connectivity index (χ1n) is 7.07. The molecule has 0 spiro atoms. The molecule has 5 nitrogen and oxygen atoms in total. The summed E-state index contributed by atoms with van der Waals surface area (Å²) in [6.45, 7) is 0. The van der Waals surface area contributed by atoms with Crippen LogP contribution in [0, 0.1) is 0 Å². The number of alkyl halides is 3. The number of anilines is 4. The van der Waals surface area contributed by atoms with Gasteiger partial charge < -0.3 is 10.6 Å². The van der Waals surface area contributed by atoms with Gasteiger partial charge in [0.25, 0.3) is 0 Å². The lowest BCUT2D eigenvalue weighted by atomic mass is 10.2. The smallest absolute Gasteiger partial charge is 0.339 e. The number of benzene rings is 2. The van der Waals surface area contributed by atoms with Crippen molar-refractivity contribution in [1.29, 1.82) is 0 Å². The summed E-state index contributed by atoms with van der Waals surface area (Å²) in [5.41, 5.74) is 0.408. The molecule has 0 fully saturated rings. The third-order valence-corrected chi connectivity index (χ3v) is 3.36. The van der Waals surface area contributed by atoms with E-state index in [2.05, 4.69) is 25.8 Å². The Kier molecular flexibility index (Phi) is 4.71. The number of nitrogens with zero attached hydrogens (tertiary/aromatic N) is 3. The minimum absolute atomic E-state index is 0.221. The highest BCUT2D eigenvalue weighted by Crippen LogP contribution is 2.30. The Bertz CT molecular complexity index is 868. The van der Waals surface area contributed by atoms with Crippen molar-refractivity contribution in [2.45, 2.75) is 6.18 Å². The molecule has 1 aromatic heterocycles. The minimum Gasteiger partial charge on any atom is -0.339 e. The van der Waals surface area contributed by atoms with Crippen molar-refractivity contribution in [1.82, 2.24) is 15.2 Å². The fourth-order valence-electron chi connectivity index (χ4n) is 2.00. The minimum atomic E-state index is -4.37. The Balaban J connectivity index is 1.73. The lowest BCUT2D eigenvalue weighted by Gasteiger charge is -2.10. The van der Waals surface area contributed by atoms with Gasteiger partial charge in [-0.2, -0.15) is 23.3 Å². The van der Waals surface area contributed by atoms with Gasteiger partial charge in [0.15, 0.2) is 5.82 Å². The Morgan fingerprint density at radius 2 is 1.68 bits per heavy atom. The van der Waals surface area contributed by atoms with Crippen molar-refractivity contribution in [2.75, 3.05) is 10.6 Å². The molecule has 0 aliphatic rings. The van der Waals surface area contributed by atoms with Crippen molar-refractivity contribution >= 4 is 34.7 Å². The number of hydrogen-bond donors (Lipinski definition) is 2. The van der Waals surface area contributed by atoms with E-state index < -0.39 is 11.7 Å². The topological polar surface area (TPSA) is 62.7 Å². The summed E-state index contributed by atoms with van der Waals surface area (Å²) in [7, 11) is 0. The molecule has 3 rings (SSSR count). The summed E-state index contributed by atoms with van der Waals surface area (Å²) >= 11 is 5.91. The van der Waals surface area contributed by atoms with Crippen LogP contribution < -0.4 is 10.6 Å². The quantitative estimate of drug-likeness (QED) is 0.679. The van der Waals surface area contributed by atoms with Gasteiger partial charge in [0.1, 0.15) is 0 Å². The van der Waals surface area contributed by atoms with E-state index in [-0.39, 0.29) is 5.95 Å². The first-order valence-corrected chi connectivity index (χ1v) is 7.44. The zero-order chi connectivity index (χ0) is 17.9. The summed E-state index contributed by atoms with van der Waals surface area (Å²) in [4.78, 5) is 4.20. The third-order valence-electron chi connectivity index (χ3n) is 3.12.